The van der Waals surface area contributed by atoms with Crippen molar-refractivity contribution in [3.8, 4) is 0 Å². The van der Waals surface area contributed by atoms with Crippen molar-refractivity contribution in [2.45, 2.75) is 45.1 Å². The lowest BCUT2D eigenvalue weighted by molar-refractivity contribution is -0.135. The van der Waals surface area contributed by atoms with E-state index in [1.54, 1.807) is 0 Å². The average Bonchev–Trinajstić information content (AvgIpc) is 2.68. The second-order valence-corrected chi connectivity index (χ2v) is 4.37. The molecular formula is C11H22N2O. The molecule has 3 nitrogen and oxygen atoms in total. The third-order valence-electron chi connectivity index (χ3n) is 3.24. The number of amides is 1. The number of nitrogens with two attached hydrogens (primary N) is 1. The van der Waals surface area contributed by atoms with Crippen molar-refractivity contribution in [3.05, 3.63) is 0 Å². The molecular weight excluding hydrogens is 176 g/mol. The SMILES string of the molecule is CC(CCN)C(=O)N(C)C1CCCC1. The Bertz CT molecular complexity index is 188. The molecule has 0 spiro atoms. The Balaban J connectivity index is 2.42. The van der Waals surface area contributed by atoms with Crippen molar-refractivity contribution in [2.24, 2.45) is 11.7 Å². The first kappa shape index (κ1) is 11.5. The lowest BCUT2D eigenvalue weighted by Crippen LogP contribution is -2.39. The normalized spacial score (nSPS) is 19.6. The maximum absolute atomic E-state index is 11.9. The molecule has 0 radical (unpaired) electrons. The number of carbonyl (C=O) groups excluding carboxylic acids is 1. The summed E-state index contributed by atoms with van der Waals surface area (Å²) in [4.78, 5) is 13.8. The van der Waals surface area contributed by atoms with Gasteiger partial charge in [0.1, 0.15) is 0 Å². The van der Waals surface area contributed by atoms with Crippen LogP contribution in [0.5, 0.6) is 0 Å². The molecule has 0 aromatic rings. The molecule has 0 aromatic carbocycles. The predicted molar refractivity (Wildman–Crippen MR) is 57.9 cm³/mol. The summed E-state index contributed by atoms with van der Waals surface area (Å²) in [6.07, 6.45) is 5.70. The highest BCUT2D eigenvalue weighted by Gasteiger charge is 2.25. The van der Waals surface area contributed by atoms with Crippen LogP contribution in [0.2, 0.25) is 0 Å². The Labute approximate surface area is 86.6 Å². The van der Waals surface area contributed by atoms with Crippen molar-refractivity contribution in [1.82, 2.24) is 4.90 Å². The fourth-order valence-electron chi connectivity index (χ4n) is 2.19. The van der Waals surface area contributed by atoms with Gasteiger partial charge >= 0.3 is 0 Å². The Morgan fingerprint density at radius 3 is 2.57 bits per heavy atom. The van der Waals surface area contributed by atoms with Gasteiger partial charge in [0.25, 0.3) is 0 Å². The van der Waals surface area contributed by atoms with Gasteiger partial charge in [0.2, 0.25) is 5.91 Å². The van der Waals surface area contributed by atoms with E-state index < -0.39 is 0 Å². The molecule has 1 aliphatic carbocycles. The van der Waals surface area contributed by atoms with Gasteiger partial charge in [0.15, 0.2) is 0 Å². The molecule has 1 saturated carbocycles. The van der Waals surface area contributed by atoms with E-state index in [4.69, 9.17) is 5.73 Å². The molecule has 1 fully saturated rings. The van der Waals surface area contributed by atoms with Crippen molar-refractivity contribution in [2.75, 3.05) is 13.6 Å². The van der Waals surface area contributed by atoms with Crippen LogP contribution in [-0.4, -0.2) is 30.4 Å². The first-order valence-corrected chi connectivity index (χ1v) is 5.63. The molecule has 82 valence electrons. The van der Waals surface area contributed by atoms with E-state index in [0.717, 1.165) is 6.42 Å². The minimum atomic E-state index is 0.0885. The van der Waals surface area contributed by atoms with Crippen LogP contribution in [0.4, 0.5) is 0 Å². The molecule has 0 aliphatic heterocycles. The molecule has 1 rings (SSSR count). The van der Waals surface area contributed by atoms with E-state index in [1.165, 1.54) is 25.7 Å². The van der Waals surface area contributed by atoms with Gasteiger partial charge in [-0.05, 0) is 25.8 Å². The zero-order valence-corrected chi connectivity index (χ0v) is 9.33. The third-order valence-corrected chi connectivity index (χ3v) is 3.24. The molecule has 0 bridgehead atoms. The first-order valence-electron chi connectivity index (χ1n) is 5.63. The van der Waals surface area contributed by atoms with Crippen LogP contribution in [0.3, 0.4) is 0 Å². The summed E-state index contributed by atoms with van der Waals surface area (Å²) in [5, 5.41) is 0. The molecule has 3 heteroatoms. The summed E-state index contributed by atoms with van der Waals surface area (Å²) in [6, 6.07) is 0.489. The Hall–Kier alpha value is -0.570. The lowest BCUT2D eigenvalue weighted by atomic mass is 10.1. The van der Waals surface area contributed by atoms with E-state index >= 15 is 0 Å². The molecule has 0 saturated heterocycles. The van der Waals surface area contributed by atoms with E-state index in [-0.39, 0.29) is 11.8 Å². The standard InChI is InChI=1S/C11H22N2O/c1-9(7-8-12)11(14)13(2)10-5-3-4-6-10/h9-10H,3-8,12H2,1-2H3. The van der Waals surface area contributed by atoms with Crippen molar-refractivity contribution < 1.29 is 4.79 Å². The summed E-state index contributed by atoms with van der Waals surface area (Å²) in [5.74, 6) is 0.355. The van der Waals surface area contributed by atoms with E-state index in [9.17, 15) is 4.79 Å². The number of nitrogens with zero attached hydrogens (tertiary/aromatic N) is 1. The predicted octanol–water partition coefficient (Wildman–Crippen LogP) is 1.37. The van der Waals surface area contributed by atoms with E-state index in [2.05, 4.69) is 0 Å². The van der Waals surface area contributed by atoms with Crippen LogP contribution in [0.25, 0.3) is 0 Å². The molecule has 0 aromatic heterocycles. The number of rotatable bonds is 4. The number of carbonyl (C=O) groups is 1. The van der Waals surface area contributed by atoms with Crippen LogP contribution in [0.15, 0.2) is 0 Å². The van der Waals surface area contributed by atoms with Gasteiger partial charge in [0.05, 0.1) is 0 Å². The summed E-state index contributed by atoms with van der Waals surface area (Å²) in [6.45, 7) is 2.58. The van der Waals surface area contributed by atoms with Crippen LogP contribution in [-0.2, 0) is 4.79 Å². The molecule has 1 aliphatic rings. The highest BCUT2D eigenvalue weighted by atomic mass is 16.2. The Morgan fingerprint density at radius 2 is 2.07 bits per heavy atom. The average molecular weight is 198 g/mol. The monoisotopic (exact) mass is 198 g/mol. The lowest BCUT2D eigenvalue weighted by Gasteiger charge is -2.27. The zero-order chi connectivity index (χ0) is 10.6. The van der Waals surface area contributed by atoms with Crippen molar-refractivity contribution >= 4 is 5.91 Å². The minimum Gasteiger partial charge on any atom is -0.343 e. The fraction of sp³-hybridized carbons (Fsp3) is 0.909. The van der Waals surface area contributed by atoms with Crippen molar-refractivity contribution in [1.29, 1.82) is 0 Å². The fourth-order valence-corrected chi connectivity index (χ4v) is 2.19. The minimum absolute atomic E-state index is 0.0885. The van der Waals surface area contributed by atoms with Crippen molar-refractivity contribution in [3.63, 3.8) is 0 Å². The second kappa shape index (κ2) is 5.35. The zero-order valence-electron chi connectivity index (χ0n) is 9.33. The number of hydrogen-bond donors (Lipinski definition) is 1. The van der Waals surface area contributed by atoms with Gasteiger partial charge in [-0.2, -0.15) is 0 Å². The maximum atomic E-state index is 11.9. The van der Waals surface area contributed by atoms with Gasteiger partial charge in [0, 0.05) is 19.0 Å². The smallest absolute Gasteiger partial charge is 0.225 e. The third kappa shape index (κ3) is 2.71. The Kier molecular flexibility index (Phi) is 4.39. The van der Waals surface area contributed by atoms with E-state index in [0.29, 0.717) is 12.6 Å². The van der Waals surface area contributed by atoms with Gasteiger partial charge in [-0.25, -0.2) is 0 Å². The highest BCUT2D eigenvalue weighted by Crippen LogP contribution is 2.23. The molecule has 2 N–H and O–H groups in total. The van der Waals surface area contributed by atoms with Gasteiger partial charge in [-0.1, -0.05) is 19.8 Å². The molecule has 1 atom stereocenters. The topological polar surface area (TPSA) is 46.3 Å². The number of hydrogen-bond acceptors (Lipinski definition) is 2. The first-order chi connectivity index (χ1) is 6.66. The summed E-state index contributed by atoms with van der Waals surface area (Å²) in [5.41, 5.74) is 5.45. The molecule has 1 amide bonds. The molecule has 14 heavy (non-hydrogen) atoms. The summed E-state index contributed by atoms with van der Waals surface area (Å²) >= 11 is 0. The quantitative estimate of drug-likeness (QED) is 0.741. The maximum Gasteiger partial charge on any atom is 0.225 e. The molecule has 0 heterocycles. The molecule has 1 unspecified atom stereocenters. The van der Waals surface area contributed by atoms with Crippen LogP contribution >= 0.6 is 0 Å². The van der Waals surface area contributed by atoms with Crippen LogP contribution in [0.1, 0.15) is 39.0 Å². The Morgan fingerprint density at radius 1 is 1.50 bits per heavy atom. The van der Waals surface area contributed by atoms with E-state index in [1.807, 2.05) is 18.9 Å². The van der Waals surface area contributed by atoms with Crippen LogP contribution in [0, 0.1) is 5.92 Å². The van der Waals surface area contributed by atoms with Gasteiger partial charge in [-0.3, -0.25) is 4.79 Å². The summed E-state index contributed by atoms with van der Waals surface area (Å²) in [7, 11) is 1.94. The van der Waals surface area contributed by atoms with Gasteiger partial charge < -0.3 is 10.6 Å². The largest absolute Gasteiger partial charge is 0.343 e. The highest BCUT2D eigenvalue weighted by molar-refractivity contribution is 5.78. The van der Waals surface area contributed by atoms with Gasteiger partial charge in [-0.15, -0.1) is 0 Å². The second-order valence-electron chi connectivity index (χ2n) is 4.37. The van der Waals surface area contributed by atoms with Crippen LogP contribution < -0.4 is 5.73 Å². The summed E-state index contributed by atoms with van der Waals surface area (Å²) < 4.78 is 0.